The molecular weight excluding hydrogens is 319 g/mol. The Hall–Kier alpha value is -1.10. The third-order valence-corrected chi connectivity index (χ3v) is 4.96. The van der Waals surface area contributed by atoms with Crippen molar-refractivity contribution in [3.8, 4) is 0 Å². The number of likely N-dealkylation sites (tertiary alicyclic amines) is 1. The van der Waals surface area contributed by atoms with Crippen LogP contribution in [0.5, 0.6) is 0 Å². The molecule has 0 spiro atoms. The van der Waals surface area contributed by atoms with Gasteiger partial charge in [-0.05, 0) is 31.9 Å². The minimum atomic E-state index is 0.554. The molecule has 0 radical (unpaired) electrons. The molecule has 22 heavy (non-hydrogen) atoms. The maximum atomic E-state index is 6.27. The molecule has 3 heterocycles. The molecule has 1 saturated heterocycles. The van der Waals surface area contributed by atoms with E-state index in [0.29, 0.717) is 16.1 Å². The lowest BCUT2D eigenvalue weighted by Crippen LogP contribution is -2.39. The van der Waals surface area contributed by atoms with E-state index in [2.05, 4.69) is 15.0 Å². The summed E-state index contributed by atoms with van der Waals surface area (Å²) in [5, 5.41) is 5.60. The molecule has 1 atom stereocenters. The van der Waals surface area contributed by atoms with Gasteiger partial charge in [-0.25, -0.2) is 0 Å². The molecule has 0 aromatic carbocycles. The van der Waals surface area contributed by atoms with Crippen LogP contribution in [-0.2, 0) is 13.1 Å². The zero-order chi connectivity index (χ0) is 15.4. The van der Waals surface area contributed by atoms with Gasteiger partial charge >= 0.3 is 0 Å². The zero-order valence-corrected chi connectivity index (χ0v) is 14.0. The molecule has 0 unspecified atom stereocenters. The molecule has 0 aliphatic carbocycles. The molecule has 0 amide bonds. The van der Waals surface area contributed by atoms with Crippen molar-refractivity contribution in [1.82, 2.24) is 19.7 Å². The minimum Gasteiger partial charge on any atom is -0.296 e. The summed E-state index contributed by atoms with van der Waals surface area (Å²) in [6.07, 6.45) is 12.0. The van der Waals surface area contributed by atoms with Crippen molar-refractivity contribution in [2.75, 3.05) is 6.54 Å². The molecular formula is C16H20Cl2N4. The van der Waals surface area contributed by atoms with Crippen molar-refractivity contribution >= 4 is 23.2 Å². The smallest absolute Gasteiger partial charge is 0.0649 e. The first kappa shape index (κ1) is 15.8. The fraction of sp³-hybridized carbons (Fsp3) is 0.500. The molecule has 1 aliphatic rings. The zero-order valence-electron chi connectivity index (χ0n) is 12.5. The highest BCUT2D eigenvalue weighted by molar-refractivity contribution is 6.35. The van der Waals surface area contributed by atoms with Crippen molar-refractivity contribution < 1.29 is 0 Å². The van der Waals surface area contributed by atoms with Gasteiger partial charge in [-0.2, -0.15) is 5.10 Å². The summed E-state index contributed by atoms with van der Waals surface area (Å²) in [7, 11) is 0. The van der Waals surface area contributed by atoms with Crippen LogP contribution < -0.4 is 0 Å². The Kier molecular flexibility index (Phi) is 5.34. The van der Waals surface area contributed by atoms with Gasteiger partial charge in [-0.1, -0.05) is 29.6 Å². The van der Waals surface area contributed by atoms with Crippen LogP contribution in [0.15, 0.2) is 30.9 Å². The van der Waals surface area contributed by atoms with E-state index in [1.807, 2.05) is 23.1 Å². The van der Waals surface area contributed by atoms with Gasteiger partial charge in [0.2, 0.25) is 0 Å². The molecule has 1 aliphatic heterocycles. The van der Waals surface area contributed by atoms with E-state index in [4.69, 9.17) is 23.2 Å². The number of aryl methyl sites for hydroxylation is 1. The lowest BCUT2D eigenvalue weighted by molar-refractivity contribution is 0.127. The van der Waals surface area contributed by atoms with Gasteiger partial charge < -0.3 is 0 Å². The van der Waals surface area contributed by atoms with E-state index >= 15 is 0 Å². The lowest BCUT2D eigenvalue weighted by Gasteiger charge is -2.36. The van der Waals surface area contributed by atoms with Crippen LogP contribution in [-0.4, -0.2) is 32.3 Å². The maximum absolute atomic E-state index is 6.27. The molecule has 3 rings (SSSR count). The number of rotatable bonds is 5. The second-order valence-electron chi connectivity index (χ2n) is 5.76. The summed E-state index contributed by atoms with van der Waals surface area (Å²) >= 11 is 12.5. The van der Waals surface area contributed by atoms with Crippen molar-refractivity contribution in [2.45, 2.75) is 44.8 Å². The van der Waals surface area contributed by atoms with E-state index in [0.717, 1.165) is 31.6 Å². The predicted octanol–water partition coefficient (Wildman–Crippen LogP) is 4.03. The topological polar surface area (TPSA) is 34.0 Å². The Labute approximate surface area is 141 Å². The number of halogens is 2. The first-order valence-electron chi connectivity index (χ1n) is 7.73. The summed E-state index contributed by atoms with van der Waals surface area (Å²) in [5.74, 6) is 0. The Morgan fingerprint density at radius 3 is 2.73 bits per heavy atom. The van der Waals surface area contributed by atoms with Crippen molar-refractivity contribution in [1.29, 1.82) is 0 Å². The summed E-state index contributed by atoms with van der Waals surface area (Å²) in [5.41, 5.74) is 0.990. The fourth-order valence-electron chi connectivity index (χ4n) is 3.10. The lowest BCUT2D eigenvalue weighted by atomic mass is 9.98. The van der Waals surface area contributed by atoms with Gasteiger partial charge in [0.25, 0.3) is 0 Å². The predicted molar refractivity (Wildman–Crippen MR) is 89.2 cm³/mol. The SMILES string of the molecule is Clc1cncc(Cl)c1CN1CCCC[C@@H]1CCn1cccn1. The molecule has 0 N–H and O–H groups in total. The Morgan fingerprint density at radius 1 is 1.18 bits per heavy atom. The summed E-state index contributed by atoms with van der Waals surface area (Å²) in [6, 6.07) is 2.52. The van der Waals surface area contributed by atoms with E-state index in [1.54, 1.807) is 12.4 Å². The average Bonchev–Trinajstić information content (AvgIpc) is 3.03. The summed E-state index contributed by atoms with van der Waals surface area (Å²) in [6.45, 7) is 2.84. The molecule has 118 valence electrons. The van der Waals surface area contributed by atoms with Gasteiger partial charge in [0.05, 0.1) is 10.0 Å². The van der Waals surface area contributed by atoms with E-state index < -0.39 is 0 Å². The largest absolute Gasteiger partial charge is 0.296 e. The highest BCUT2D eigenvalue weighted by atomic mass is 35.5. The van der Waals surface area contributed by atoms with E-state index in [-0.39, 0.29) is 0 Å². The van der Waals surface area contributed by atoms with Crippen LogP contribution in [0.25, 0.3) is 0 Å². The normalized spacial score (nSPS) is 19.5. The second-order valence-corrected chi connectivity index (χ2v) is 6.57. The quantitative estimate of drug-likeness (QED) is 0.825. The van der Waals surface area contributed by atoms with Crippen LogP contribution in [0.4, 0.5) is 0 Å². The highest BCUT2D eigenvalue weighted by Crippen LogP contribution is 2.28. The standard InChI is InChI=1S/C16H20Cl2N4/c17-15-10-19-11-16(18)14(15)12-21-7-2-1-4-13(21)5-9-22-8-3-6-20-22/h3,6,8,10-11,13H,1-2,4-5,7,9,12H2/t13-/m1/s1. The average molecular weight is 339 g/mol. The number of piperidine rings is 1. The minimum absolute atomic E-state index is 0.554. The first-order valence-corrected chi connectivity index (χ1v) is 8.49. The van der Waals surface area contributed by atoms with E-state index in [1.165, 1.54) is 19.3 Å². The van der Waals surface area contributed by atoms with Gasteiger partial charge in [-0.3, -0.25) is 14.6 Å². The number of hydrogen-bond donors (Lipinski definition) is 0. The van der Waals surface area contributed by atoms with Crippen LogP contribution in [0, 0.1) is 0 Å². The Balaban J connectivity index is 1.67. The Bertz CT molecular complexity index is 580. The third kappa shape index (κ3) is 3.80. The van der Waals surface area contributed by atoms with Gasteiger partial charge in [0.1, 0.15) is 0 Å². The molecule has 4 nitrogen and oxygen atoms in total. The maximum Gasteiger partial charge on any atom is 0.0649 e. The number of nitrogens with zero attached hydrogens (tertiary/aromatic N) is 4. The molecule has 0 bridgehead atoms. The molecule has 2 aromatic heterocycles. The van der Waals surface area contributed by atoms with E-state index in [9.17, 15) is 0 Å². The van der Waals surface area contributed by atoms with Crippen LogP contribution in [0.3, 0.4) is 0 Å². The molecule has 6 heteroatoms. The van der Waals surface area contributed by atoms with Gasteiger partial charge in [0, 0.05) is 49.5 Å². The Morgan fingerprint density at radius 2 is 2.00 bits per heavy atom. The monoisotopic (exact) mass is 338 g/mol. The number of pyridine rings is 1. The van der Waals surface area contributed by atoms with Crippen molar-refractivity contribution in [2.24, 2.45) is 0 Å². The third-order valence-electron chi connectivity index (χ3n) is 4.31. The molecule has 2 aromatic rings. The van der Waals surface area contributed by atoms with Crippen molar-refractivity contribution in [3.05, 3.63) is 46.5 Å². The summed E-state index contributed by atoms with van der Waals surface area (Å²) in [4.78, 5) is 6.53. The molecule has 1 fully saturated rings. The molecule has 0 saturated carbocycles. The summed E-state index contributed by atoms with van der Waals surface area (Å²) < 4.78 is 2.00. The van der Waals surface area contributed by atoms with Crippen LogP contribution in [0.1, 0.15) is 31.2 Å². The van der Waals surface area contributed by atoms with Crippen molar-refractivity contribution in [3.63, 3.8) is 0 Å². The fourth-order valence-corrected chi connectivity index (χ4v) is 3.59. The number of hydrogen-bond acceptors (Lipinski definition) is 3. The number of aromatic nitrogens is 3. The highest BCUT2D eigenvalue weighted by Gasteiger charge is 2.23. The second kappa shape index (κ2) is 7.44. The first-order chi connectivity index (χ1) is 10.7. The van der Waals surface area contributed by atoms with Gasteiger partial charge in [0.15, 0.2) is 0 Å². The van der Waals surface area contributed by atoms with Crippen LogP contribution in [0.2, 0.25) is 10.0 Å². The van der Waals surface area contributed by atoms with Gasteiger partial charge in [-0.15, -0.1) is 0 Å². The van der Waals surface area contributed by atoms with Crippen LogP contribution >= 0.6 is 23.2 Å².